The van der Waals surface area contributed by atoms with Crippen LogP contribution in [0.15, 0.2) is 29.3 Å². The molecule has 1 heterocycles. The van der Waals surface area contributed by atoms with Gasteiger partial charge < -0.3 is 10.4 Å². The highest BCUT2D eigenvalue weighted by atomic mass is 79.9. The van der Waals surface area contributed by atoms with E-state index >= 15 is 0 Å². The van der Waals surface area contributed by atoms with Crippen molar-refractivity contribution in [1.29, 1.82) is 0 Å². The van der Waals surface area contributed by atoms with Crippen LogP contribution in [0.3, 0.4) is 0 Å². The minimum absolute atomic E-state index is 0.0119. The van der Waals surface area contributed by atoms with Gasteiger partial charge in [0.25, 0.3) is 0 Å². The molecule has 3 nitrogen and oxygen atoms in total. The zero-order valence-corrected chi connectivity index (χ0v) is 12.3. The number of rotatable bonds is 3. The van der Waals surface area contributed by atoms with Crippen molar-refractivity contribution in [2.45, 2.75) is 6.04 Å². The maximum Gasteiger partial charge on any atom is 0.134 e. The molecular formula is C13H16BrClN2O. The molecule has 0 bridgehead atoms. The molecule has 18 heavy (non-hydrogen) atoms. The predicted octanol–water partition coefficient (Wildman–Crippen LogP) is 2.94. The van der Waals surface area contributed by atoms with Crippen LogP contribution in [0.5, 0.6) is 5.75 Å². The molecule has 0 aromatic heterocycles. The molecule has 2 N–H and O–H groups in total. The topological polar surface area (TPSA) is 35.5 Å². The van der Waals surface area contributed by atoms with Crippen LogP contribution in [0.1, 0.15) is 11.6 Å². The Balaban J connectivity index is 2.34. The monoisotopic (exact) mass is 330 g/mol. The Morgan fingerprint density at radius 1 is 1.44 bits per heavy atom. The summed E-state index contributed by atoms with van der Waals surface area (Å²) in [6.45, 7) is 7.65. The fourth-order valence-corrected chi connectivity index (χ4v) is 3.08. The lowest BCUT2D eigenvalue weighted by molar-refractivity contribution is 0.201. The zero-order valence-electron chi connectivity index (χ0n) is 10.00. The van der Waals surface area contributed by atoms with Gasteiger partial charge in [-0.25, -0.2) is 0 Å². The second-order valence-corrected chi connectivity index (χ2v) is 5.58. The van der Waals surface area contributed by atoms with Gasteiger partial charge in [-0.05, 0) is 28.1 Å². The summed E-state index contributed by atoms with van der Waals surface area (Å²) in [4.78, 5) is 2.28. The number of halogens is 2. The van der Waals surface area contributed by atoms with Crippen LogP contribution in [0.25, 0.3) is 0 Å². The summed E-state index contributed by atoms with van der Waals surface area (Å²) in [5, 5.41) is 14.1. The van der Waals surface area contributed by atoms with E-state index in [1.807, 2.05) is 6.08 Å². The molecule has 0 aliphatic carbocycles. The predicted molar refractivity (Wildman–Crippen MR) is 78.2 cm³/mol. The average molecular weight is 332 g/mol. The minimum atomic E-state index is -0.0119. The Hall–Kier alpha value is -0.550. The van der Waals surface area contributed by atoms with Gasteiger partial charge in [0.15, 0.2) is 0 Å². The van der Waals surface area contributed by atoms with Crippen LogP contribution in [0.4, 0.5) is 0 Å². The third-order valence-corrected chi connectivity index (χ3v) is 3.97. The van der Waals surface area contributed by atoms with Crippen molar-refractivity contribution in [2.75, 3.05) is 26.2 Å². The number of phenols is 1. The largest absolute Gasteiger partial charge is 0.506 e. The zero-order chi connectivity index (χ0) is 13.1. The Morgan fingerprint density at radius 3 is 2.72 bits per heavy atom. The summed E-state index contributed by atoms with van der Waals surface area (Å²) in [5.41, 5.74) is 0.797. The lowest BCUT2D eigenvalue weighted by Crippen LogP contribution is -2.44. The summed E-state index contributed by atoms with van der Waals surface area (Å²) in [7, 11) is 0. The Labute approximate surface area is 121 Å². The number of hydrogen-bond donors (Lipinski definition) is 2. The van der Waals surface area contributed by atoms with Crippen molar-refractivity contribution < 1.29 is 5.11 Å². The molecule has 1 saturated heterocycles. The molecule has 0 unspecified atom stereocenters. The van der Waals surface area contributed by atoms with Crippen molar-refractivity contribution in [1.82, 2.24) is 10.2 Å². The second-order valence-electron chi connectivity index (χ2n) is 4.29. The van der Waals surface area contributed by atoms with Gasteiger partial charge in [0.2, 0.25) is 0 Å². The van der Waals surface area contributed by atoms with E-state index in [9.17, 15) is 5.11 Å². The van der Waals surface area contributed by atoms with Crippen LogP contribution >= 0.6 is 27.5 Å². The van der Waals surface area contributed by atoms with Crippen LogP contribution in [0, 0.1) is 0 Å². The van der Waals surface area contributed by atoms with Crippen molar-refractivity contribution >= 4 is 27.5 Å². The smallest absolute Gasteiger partial charge is 0.134 e. The van der Waals surface area contributed by atoms with Gasteiger partial charge in [-0.2, -0.15) is 0 Å². The molecular weight excluding hydrogens is 316 g/mol. The van der Waals surface area contributed by atoms with Gasteiger partial charge in [-0.3, -0.25) is 4.90 Å². The first-order valence-electron chi connectivity index (χ1n) is 5.88. The third-order valence-electron chi connectivity index (χ3n) is 3.14. The Morgan fingerprint density at radius 2 is 2.11 bits per heavy atom. The maximum atomic E-state index is 10.2. The first-order chi connectivity index (χ1) is 8.63. The standard InChI is InChI=1S/C13H16BrClN2O/c1-2-12(17-5-3-16-4-6-17)10-7-9(15)8-11(14)13(10)18/h2,7-8,12,16,18H,1,3-6H2/t12-/m0/s1. The summed E-state index contributed by atoms with van der Waals surface area (Å²) >= 11 is 9.37. The van der Waals surface area contributed by atoms with Crippen molar-refractivity contribution in [3.05, 3.63) is 39.8 Å². The Kier molecular flexibility index (Phi) is 4.67. The summed E-state index contributed by atoms with van der Waals surface area (Å²) in [6.07, 6.45) is 1.85. The molecule has 0 saturated carbocycles. The second kappa shape index (κ2) is 6.06. The number of piperazine rings is 1. The van der Waals surface area contributed by atoms with E-state index in [4.69, 9.17) is 11.6 Å². The van der Waals surface area contributed by atoms with E-state index in [-0.39, 0.29) is 11.8 Å². The number of hydrogen-bond acceptors (Lipinski definition) is 3. The number of aromatic hydroxyl groups is 1. The normalized spacial score (nSPS) is 18.6. The quantitative estimate of drug-likeness (QED) is 0.836. The molecule has 1 aromatic carbocycles. The first kappa shape index (κ1) is 13.9. The highest BCUT2D eigenvalue weighted by molar-refractivity contribution is 9.10. The molecule has 1 aliphatic heterocycles. The van der Waals surface area contributed by atoms with Gasteiger partial charge in [-0.15, -0.1) is 6.58 Å². The van der Waals surface area contributed by atoms with E-state index in [0.717, 1.165) is 31.7 Å². The lowest BCUT2D eigenvalue weighted by atomic mass is 10.0. The van der Waals surface area contributed by atoms with E-state index in [1.165, 1.54) is 0 Å². The van der Waals surface area contributed by atoms with E-state index in [2.05, 4.69) is 32.7 Å². The van der Waals surface area contributed by atoms with Gasteiger partial charge >= 0.3 is 0 Å². The number of phenolic OH excluding ortho intramolecular Hbond substituents is 1. The fraction of sp³-hybridized carbons (Fsp3) is 0.385. The SMILES string of the molecule is C=C[C@@H](c1cc(Cl)cc(Br)c1O)N1CCNCC1. The maximum absolute atomic E-state index is 10.2. The molecule has 0 amide bonds. The molecule has 2 rings (SSSR count). The molecule has 1 atom stereocenters. The summed E-state index contributed by atoms with van der Waals surface area (Å²) < 4.78 is 0.618. The van der Waals surface area contributed by atoms with Crippen LogP contribution in [-0.2, 0) is 0 Å². The summed E-state index contributed by atoms with van der Waals surface area (Å²) in [5.74, 6) is 0.239. The Bertz CT molecular complexity index is 447. The van der Waals surface area contributed by atoms with Gasteiger partial charge in [0.1, 0.15) is 5.75 Å². The molecule has 0 radical (unpaired) electrons. The molecule has 1 aliphatic rings. The van der Waals surface area contributed by atoms with Crippen molar-refractivity contribution in [3.8, 4) is 5.75 Å². The number of nitrogens with zero attached hydrogens (tertiary/aromatic N) is 1. The lowest BCUT2D eigenvalue weighted by Gasteiger charge is -2.33. The summed E-state index contributed by atoms with van der Waals surface area (Å²) in [6, 6.07) is 3.48. The average Bonchev–Trinajstić information content (AvgIpc) is 2.37. The van der Waals surface area contributed by atoms with Crippen molar-refractivity contribution in [2.24, 2.45) is 0 Å². The van der Waals surface area contributed by atoms with E-state index in [0.29, 0.717) is 9.50 Å². The van der Waals surface area contributed by atoms with Crippen molar-refractivity contribution in [3.63, 3.8) is 0 Å². The van der Waals surface area contributed by atoms with E-state index < -0.39 is 0 Å². The van der Waals surface area contributed by atoms with Crippen LogP contribution in [-0.4, -0.2) is 36.2 Å². The third kappa shape index (κ3) is 2.88. The van der Waals surface area contributed by atoms with Crippen LogP contribution in [0.2, 0.25) is 5.02 Å². The van der Waals surface area contributed by atoms with E-state index in [1.54, 1.807) is 12.1 Å². The van der Waals surface area contributed by atoms with Crippen LogP contribution < -0.4 is 5.32 Å². The number of benzene rings is 1. The molecule has 5 heteroatoms. The molecule has 0 spiro atoms. The molecule has 98 valence electrons. The molecule has 1 fully saturated rings. The highest BCUT2D eigenvalue weighted by Crippen LogP contribution is 2.37. The van der Waals surface area contributed by atoms with Gasteiger partial charge in [-0.1, -0.05) is 17.7 Å². The highest BCUT2D eigenvalue weighted by Gasteiger charge is 2.23. The van der Waals surface area contributed by atoms with Gasteiger partial charge in [0, 0.05) is 36.8 Å². The first-order valence-corrected chi connectivity index (χ1v) is 7.06. The fourth-order valence-electron chi connectivity index (χ4n) is 2.24. The number of nitrogens with one attached hydrogen (secondary N) is 1. The minimum Gasteiger partial charge on any atom is -0.506 e. The molecule has 1 aromatic rings. The van der Waals surface area contributed by atoms with Gasteiger partial charge in [0.05, 0.1) is 10.5 Å².